The summed E-state index contributed by atoms with van der Waals surface area (Å²) in [5, 5.41) is 6.39. The van der Waals surface area contributed by atoms with Gasteiger partial charge in [-0.1, -0.05) is 12.1 Å². The van der Waals surface area contributed by atoms with Crippen molar-refractivity contribution < 1.29 is 22.8 Å². The van der Waals surface area contributed by atoms with E-state index in [0.29, 0.717) is 6.54 Å². The molecule has 0 aliphatic carbocycles. The first-order valence-electron chi connectivity index (χ1n) is 7.72. The summed E-state index contributed by atoms with van der Waals surface area (Å²) in [6, 6.07) is 3.89. The molecular formula is C16H18F3N5O2. The van der Waals surface area contributed by atoms with E-state index in [9.17, 15) is 22.8 Å². The van der Waals surface area contributed by atoms with Gasteiger partial charge in [-0.05, 0) is 30.2 Å². The number of hydrogen-bond donors (Lipinski definition) is 3. The van der Waals surface area contributed by atoms with Crippen LogP contribution in [0.4, 0.5) is 18.0 Å². The third-order valence-corrected chi connectivity index (χ3v) is 3.35. The SMILES string of the molecule is Cc1cnn(CCC(=O)NNC(=O)NCc2cccc(C(F)(F)F)c2)c1. The Morgan fingerprint density at radius 2 is 2.00 bits per heavy atom. The number of benzene rings is 1. The maximum absolute atomic E-state index is 12.6. The number of aromatic nitrogens is 2. The van der Waals surface area contributed by atoms with E-state index in [0.717, 1.165) is 17.7 Å². The Hall–Kier alpha value is -3.04. The van der Waals surface area contributed by atoms with Gasteiger partial charge in [0.15, 0.2) is 0 Å². The summed E-state index contributed by atoms with van der Waals surface area (Å²) in [5.74, 6) is -0.424. The molecule has 0 aliphatic heterocycles. The van der Waals surface area contributed by atoms with Gasteiger partial charge in [-0.15, -0.1) is 0 Å². The number of hydrogen-bond acceptors (Lipinski definition) is 3. The second-order valence-electron chi connectivity index (χ2n) is 5.58. The summed E-state index contributed by atoms with van der Waals surface area (Å²) in [6.07, 6.45) is -0.895. The maximum atomic E-state index is 12.6. The summed E-state index contributed by atoms with van der Waals surface area (Å²) in [7, 11) is 0. The van der Waals surface area contributed by atoms with Gasteiger partial charge in [0.2, 0.25) is 5.91 Å². The summed E-state index contributed by atoms with van der Waals surface area (Å²) >= 11 is 0. The lowest BCUT2D eigenvalue weighted by atomic mass is 10.1. The van der Waals surface area contributed by atoms with Crippen molar-refractivity contribution in [3.8, 4) is 0 Å². The van der Waals surface area contributed by atoms with Gasteiger partial charge in [0.25, 0.3) is 0 Å². The Kier molecular flexibility index (Phi) is 6.21. The second-order valence-corrected chi connectivity index (χ2v) is 5.58. The van der Waals surface area contributed by atoms with E-state index in [4.69, 9.17) is 0 Å². The van der Waals surface area contributed by atoms with Crippen molar-refractivity contribution in [1.82, 2.24) is 25.9 Å². The summed E-state index contributed by atoms with van der Waals surface area (Å²) in [6.45, 7) is 2.12. The Labute approximate surface area is 147 Å². The number of carbonyl (C=O) groups excluding carboxylic acids is 2. The highest BCUT2D eigenvalue weighted by atomic mass is 19.4. The number of nitrogens with zero attached hydrogens (tertiary/aromatic N) is 2. The molecule has 0 saturated heterocycles. The summed E-state index contributed by atoms with van der Waals surface area (Å²) < 4.78 is 39.5. The van der Waals surface area contributed by atoms with Crippen LogP contribution in [-0.4, -0.2) is 21.7 Å². The number of nitrogens with one attached hydrogen (secondary N) is 3. The van der Waals surface area contributed by atoms with Crippen molar-refractivity contribution in [2.75, 3.05) is 0 Å². The zero-order valence-corrected chi connectivity index (χ0v) is 13.9. The standard InChI is InChI=1S/C16H18F3N5O2/c1-11-8-21-24(10-11)6-5-14(25)22-23-15(26)20-9-12-3-2-4-13(7-12)16(17,18)19/h2-4,7-8,10H,5-6,9H2,1H3,(H,22,25)(H2,20,23,26). The van der Waals surface area contributed by atoms with Gasteiger partial charge in [-0.3, -0.25) is 14.9 Å². The van der Waals surface area contributed by atoms with Crippen LogP contribution in [0.1, 0.15) is 23.1 Å². The van der Waals surface area contributed by atoms with E-state index in [-0.39, 0.29) is 18.5 Å². The minimum atomic E-state index is -4.45. The van der Waals surface area contributed by atoms with E-state index in [1.165, 1.54) is 12.1 Å². The number of carbonyl (C=O) groups is 2. The van der Waals surface area contributed by atoms with Crippen LogP contribution >= 0.6 is 0 Å². The van der Waals surface area contributed by atoms with Gasteiger partial charge < -0.3 is 5.32 Å². The molecule has 1 aromatic carbocycles. The molecule has 0 spiro atoms. The molecule has 2 aromatic rings. The van der Waals surface area contributed by atoms with Crippen molar-refractivity contribution >= 4 is 11.9 Å². The molecule has 0 radical (unpaired) electrons. The molecule has 2 rings (SSSR count). The highest BCUT2D eigenvalue weighted by Crippen LogP contribution is 2.29. The normalized spacial score (nSPS) is 11.1. The van der Waals surface area contributed by atoms with Crippen molar-refractivity contribution in [2.45, 2.75) is 32.6 Å². The third-order valence-electron chi connectivity index (χ3n) is 3.35. The number of amides is 3. The number of aryl methyl sites for hydroxylation is 2. The van der Waals surface area contributed by atoms with Crippen LogP contribution in [0, 0.1) is 6.92 Å². The van der Waals surface area contributed by atoms with Gasteiger partial charge >= 0.3 is 12.2 Å². The van der Waals surface area contributed by atoms with E-state index >= 15 is 0 Å². The number of hydrazine groups is 1. The quantitative estimate of drug-likeness (QED) is 0.706. The lowest BCUT2D eigenvalue weighted by Gasteiger charge is -2.11. The Balaban J connectivity index is 1.71. The molecule has 140 valence electrons. The molecule has 0 atom stereocenters. The number of rotatable bonds is 5. The molecule has 3 N–H and O–H groups in total. The minimum Gasteiger partial charge on any atom is -0.333 e. The van der Waals surface area contributed by atoms with Crippen LogP contribution in [0.3, 0.4) is 0 Å². The van der Waals surface area contributed by atoms with Gasteiger partial charge in [0.1, 0.15) is 0 Å². The highest BCUT2D eigenvalue weighted by Gasteiger charge is 2.30. The van der Waals surface area contributed by atoms with Crippen molar-refractivity contribution in [1.29, 1.82) is 0 Å². The largest absolute Gasteiger partial charge is 0.416 e. The van der Waals surface area contributed by atoms with E-state index in [2.05, 4.69) is 21.3 Å². The predicted molar refractivity (Wildman–Crippen MR) is 86.5 cm³/mol. The fourth-order valence-electron chi connectivity index (χ4n) is 2.08. The van der Waals surface area contributed by atoms with Crippen LogP contribution in [0.2, 0.25) is 0 Å². The zero-order chi connectivity index (χ0) is 19.2. The molecule has 1 aromatic heterocycles. The average Bonchev–Trinajstić information content (AvgIpc) is 3.01. The number of alkyl halides is 3. The van der Waals surface area contributed by atoms with Crippen LogP contribution in [-0.2, 0) is 24.1 Å². The Bertz CT molecular complexity index is 773. The fraction of sp³-hybridized carbons (Fsp3) is 0.312. The van der Waals surface area contributed by atoms with Crippen LogP contribution in [0.15, 0.2) is 36.7 Å². The molecule has 1 heterocycles. The fourth-order valence-corrected chi connectivity index (χ4v) is 2.08. The molecule has 0 saturated carbocycles. The second kappa shape index (κ2) is 8.37. The predicted octanol–water partition coefficient (Wildman–Crippen LogP) is 2.13. The molecule has 0 unspecified atom stereocenters. The first-order valence-corrected chi connectivity index (χ1v) is 7.72. The van der Waals surface area contributed by atoms with Gasteiger partial charge in [-0.25, -0.2) is 10.2 Å². The zero-order valence-electron chi connectivity index (χ0n) is 13.9. The molecule has 0 aliphatic rings. The molecule has 7 nitrogen and oxygen atoms in total. The van der Waals surface area contributed by atoms with Gasteiger partial charge in [0.05, 0.1) is 11.8 Å². The third kappa shape index (κ3) is 6.11. The van der Waals surface area contributed by atoms with Gasteiger partial charge in [-0.2, -0.15) is 18.3 Å². The first-order chi connectivity index (χ1) is 12.2. The lowest BCUT2D eigenvalue weighted by Crippen LogP contribution is -2.46. The van der Waals surface area contributed by atoms with E-state index < -0.39 is 23.7 Å². The van der Waals surface area contributed by atoms with E-state index in [1.807, 2.05) is 6.92 Å². The molecule has 0 bridgehead atoms. The molecule has 0 fully saturated rings. The van der Waals surface area contributed by atoms with Crippen LogP contribution in [0.25, 0.3) is 0 Å². The van der Waals surface area contributed by atoms with Crippen molar-refractivity contribution in [2.24, 2.45) is 0 Å². The average molecular weight is 369 g/mol. The smallest absolute Gasteiger partial charge is 0.333 e. The molecule has 10 heteroatoms. The maximum Gasteiger partial charge on any atom is 0.416 e. The van der Waals surface area contributed by atoms with Crippen molar-refractivity contribution in [3.05, 3.63) is 53.3 Å². The summed E-state index contributed by atoms with van der Waals surface area (Å²) in [4.78, 5) is 23.2. The first kappa shape index (κ1) is 19.3. The monoisotopic (exact) mass is 369 g/mol. The van der Waals surface area contributed by atoms with Crippen molar-refractivity contribution in [3.63, 3.8) is 0 Å². The van der Waals surface area contributed by atoms with Gasteiger partial charge in [0, 0.05) is 25.7 Å². The molecular weight excluding hydrogens is 351 g/mol. The van der Waals surface area contributed by atoms with Crippen LogP contribution in [0.5, 0.6) is 0 Å². The number of urea groups is 1. The Morgan fingerprint density at radius 3 is 2.65 bits per heavy atom. The minimum absolute atomic E-state index is 0.106. The molecule has 26 heavy (non-hydrogen) atoms. The van der Waals surface area contributed by atoms with Crippen LogP contribution < -0.4 is 16.2 Å². The lowest BCUT2D eigenvalue weighted by molar-refractivity contribution is -0.137. The van der Waals surface area contributed by atoms with E-state index in [1.54, 1.807) is 17.1 Å². The number of halogens is 3. The highest BCUT2D eigenvalue weighted by molar-refractivity contribution is 5.80. The summed E-state index contributed by atoms with van der Waals surface area (Å²) in [5.41, 5.74) is 4.81. The Morgan fingerprint density at radius 1 is 1.23 bits per heavy atom. The molecule has 3 amide bonds. The topological polar surface area (TPSA) is 88.1 Å².